The van der Waals surface area contributed by atoms with Gasteiger partial charge in [-0.05, 0) is 17.7 Å². The summed E-state index contributed by atoms with van der Waals surface area (Å²) in [5.41, 5.74) is 0.847. The minimum atomic E-state index is -0.406. The van der Waals surface area contributed by atoms with Crippen LogP contribution in [0.25, 0.3) is 0 Å². The minimum absolute atomic E-state index is 0.211. The smallest absolute Gasteiger partial charge is 0.234 e. The molecule has 20 heavy (non-hydrogen) atoms. The number of rotatable bonds is 2. The van der Waals surface area contributed by atoms with Gasteiger partial charge in [0.2, 0.25) is 11.8 Å². The number of thiazole rings is 1. The lowest BCUT2D eigenvalue weighted by atomic mass is 9.81. The van der Waals surface area contributed by atoms with Crippen molar-refractivity contribution in [2.45, 2.75) is 18.3 Å². The fourth-order valence-corrected chi connectivity index (χ4v) is 3.37. The zero-order valence-electron chi connectivity index (χ0n) is 10.4. The third kappa shape index (κ3) is 2.46. The van der Waals surface area contributed by atoms with Gasteiger partial charge in [-0.25, -0.2) is 4.98 Å². The number of hydrogen-bond donors (Lipinski definition) is 1. The van der Waals surface area contributed by atoms with Crippen molar-refractivity contribution in [1.29, 1.82) is 0 Å². The summed E-state index contributed by atoms with van der Waals surface area (Å²) in [4.78, 5) is 28.1. The SMILES string of the molecule is O=C1CC(c2nccs2)C(c2ccc(Cl)cc2)C(=O)N1. The molecule has 102 valence electrons. The van der Waals surface area contributed by atoms with Gasteiger partial charge in [0.25, 0.3) is 0 Å². The molecule has 0 spiro atoms. The molecular formula is C14H11ClN2O2S. The Morgan fingerprint density at radius 3 is 2.65 bits per heavy atom. The van der Waals surface area contributed by atoms with Gasteiger partial charge in [-0.2, -0.15) is 0 Å². The average Bonchev–Trinajstić information content (AvgIpc) is 2.93. The molecule has 3 rings (SSSR count). The van der Waals surface area contributed by atoms with E-state index in [0.717, 1.165) is 10.6 Å². The first kappa shape index (κ1) is 13.3. The van der Waals surface area contributed by atoms with Crippen molar-refractivity contribution in [2.75, 3.05) is 0 Å². The van der Waals surface area contributed by atoms with Crippen LogP contribution in [0.1, 0.15) is 28.8 Å². The van der Waals surface area contributed by atoms with E-state index < -0.39 is 5.92 Å². The monoisotopic (exact) mass is 306 g/mol. The first-order chi connectivity index (χ1) is 9.65. The summed E-state index contributed by atoms with van der Waals surface area (Å²) in [5.74, 6) is -1.14. The molecule has 1 aromatic heterocycles. The van der Waals surface area contributed by atoms with Crippen LogP contribution in [0.5, 0.6) is 0 Å². The molecule has 2 unspecified atom stereocenters. The summed E-state index contributed by atoms with van der Waals surface area (Å²) < 4.78 is 0. The molecule has 2 amide bonds. The number of carbonyl (C=O) groups is 2. The molecule has 2 atom stereocenters. The number of amides is 2. The van der Waals surface area contributed by atoms with E-state index in [1.54, 1.807) is 18.3 Å². The summed E-state index contributed by atoms with van der Waals surface area (Å²) in [6.07, 6.45) is 1.96. The van der Waals surface area contributed by atoms with E-state index in [1.165, 1.54) is 11.3 Å². The number of nitrogens with zero attached hydrogens (tertiary/aromatic N) is 1. The van der Waals surface area contributed by atoms with Crippen LogP contribution >= 0.6 is 22.9 Å². The fourth-order valence-electron chi connectivity index (χ4n) is 2.47. The molecule has 4 nitrogen and oxygen atoms in total. The highest BCUT2D eigenvalue weighted by Crippen LogP contribution is 2.39. The first-order valence-corrected chi connectivity index (χ1v) is 7.39. The zero-order valence-corrected chi connectivity index (χ0v) is 11.9. The lowest BCUT2D eigenvalue weighted by Crippen LogP contribution is -2.43. The Labute approximate surface area is 124 Å². The number of hydrogen-bond acceptors (Lipinski definition) is 4. The van der Waals surface area contributed by atoms with E-state index >= 15 is 0 Å². The van der Waals surface area contributed by atoms with E-state index in [2.05, 4.69) is 10.3 Å². The average molecular weight is 307 g/mol. The maximum atomic E-state index is 12.2. The number of aromatic nitrogens is 1. The molecule has 1 aromatic carbocycles. The number of halogens is 1. The molecule has 0 saturated carbocycles. The van der Waals surface area contributed by atoms with Crippen LogP contribution in [-0.2, 0) is 9.59 Å². The second kappa shape index (κ2) is 5.34. The maximum absolute atomic E-state index is 12.2. The van der Waals surface area contributed by atoms with Gasteiger partial charge in [0.1, 0.15) is 0 Å². The van der Waals surface area contributed by atoms with E-state index in [1.807, 2.05) is 17.5 Å². The van der Waals surface area contributed by atoms with Crippen molar-refractivity contribution in [2.24, 2.45) is 0 Å². The molecule has 1 saturated heterocycles. The van der Waals surface area contributed by atoms with Gasteiger partial charge >= 0.3 is 0 Å². The summed E-state index contributed by atoms with van der Waals surface area (Å²) in [5, 5.41) is 5.68. The van der Waals surface area contributed by atoms with Gasteiger partial charge in [0.05, 0.1) is 10.9 Å². The van der Waals surface area contributed by atoms with E-state index in [9.17, 15) is 9.59 Å². The Kier molecular flexibility index (Phi) is 3.54. The van der Waals surface area contributed by atoms with Crippen molar-refractivity contribution < 1.29 is 9.59 Å². The number of imide groups is 1. The third-order valence-electron chi connectivity index (χ3n) is 3.35. The lowest BCUT2D eigenvalue weighted by molar-refractivity contribution is -0.135. The molecule has 1 aliphatic heterocycles. The summed E-state index contributed by atoms with van der Waals surface area (Å²) in [6.45, 7) is 0. The number of carbonyl (C=O) groups excluding carboxylic acids is 2. The van der Waals surface area contributed by atoms with Crippen LogP contribution < -0.4 is 5.32 Å². The van der Waals surface area contributed by atoms with Crippen molar-refractivity contribution in [3.8, 4) is 0 Å². The molecule has 1 N–H and O–H groups in total. The summed E-state index contributed by atoms with van der Waals surface area (Å²) in [7, 11) is 0. The Balaban J connectivity index is 2.01. The van der Waals surface area contributed by atoms with Crippen molar-refractivity contribution >= 4 is 34.8 Å². The molecule has 0 aliphatic carbocycles. The van der Waals surface area contributed by atoms with Crippen molar-refractivity contribution in [3.05, 3.63) is 51.4 Å². The van der Waals surface area contributed by atoms with Gasteiger partial charge in [-0.1, -0.05) is 23.7 Å². The lowest BCUT2D eigenvalue weighted by Gasteiger charge is -2.29. The highest BCUT2D eigenvalue weighted by Gasteiger charge is 2.39. The Hall–Kier alpha value is -1.72. The third-order valence-corrected chi connectivity index (χ3v) is 4.51. The van der Waals surface area contributed by atoms with E-state index in [-0.39, 0.29) is 24.2 Å². The Morgan fingerprint density at radius 2 is 2.00 bits per heavy atom. The minimum Gasteiger partial charge on any atom is -0.296 e. The highest BCUT2D eigenvalue weighted by atomic mass is 35.5. The molecule has 1 fully saturated rings. The van der Waals surface area contributed by atoms with Gasteiger partial charge in [0.15, 0.2) is 0 Å². The van der Waals surface area contributed by atoms with Crippen LogP contribution in [0.15, 0.2) is 35.8 Å². The molecule has 2 aromatic rings. The topological polar surface area (TPSA) is 59.1 Å². The summed E-state index contributed by atoms with van der Waals surface area (Å²) >= 11 is 7.35. The van der Waals surface area contributed by atoms with Crippen LogP contribution in [-0.4, -0.2) is 16.8 Å². The second-order valence-corrected chi connectivity index (χ2v) is 5.99. The van der Waals surface area contributed by atoms with Gasteiger partial charge in [-0.15, -0.1) is 11.3 Å². The van der Waals surface area contributed by atoms with Crippen LogP contribution in [0, 0.1) is 0 Å². The first-order valence-electron chi connectivity index (χ1n) is 6.13. The summed E-state index contributed by atoms with van der Waals surface area (Å²) in [6, 6.07) is 7.14. The fraction of sp³-hybridized carbons (Fsp3) is 0.214. The Morgan fingerprint density at radius 1 is 1.25 bits per heavy atom. The predicted octanol–water partition coefficient (Wildman–Crippen LogP) is 2.71. The highest BCUT2D eigenvalue weighted by molar-refractivity contribution is 7.09. The molecule has 0 radical (unpaired) electrons. The van der Waals surface area contributed by atoms with Gasteiger partial charge < -0.3 is 0 Å². The van der Waals surface area contributed by atoms with Crippen LogP contribution in [0.2, 0.25) is 5.02 Å². The standard InChI is InChI=1S/C14H11ClN2O2S/c15-9-3-1-8(2-4-9)12-10(14-16-5-6-20-14)7-11(18)17-13(12)19/h1-6,10,12H,7H2,(H,17,18,19). The molecule has 2 heterocycles. The van der Waals surface area contributed by atoms with Gasteiger partial charge in [-0.3, -0.25) is 14.9 Å². The maximum Gasteiger partial charge on any atom is 0.234 e. The van der Waals surface area contributed by atoms with Gasteiger partial charge in [0, 0.05) is 28.9 Å². The van der Waals surface area contributed by atoms with Crippen molar-refractivity contribution in [3.63, 3.8) is 0 Å². The number of piperidine rings is 1. The Bertz CT molecular complexity index is 640. The molecule has 0 bridgehead atoms. The van der Waals surface area contributed by atoms with E-state index in [0.29, 0.717) is 5.02 Å². The zero-order chi connectivity index (χ0) is 14.1. The molecule has 6 heteroatoms. The predicted molar refractivity (Wildman–Crippen MR) is 76.8 cm³/mol. The molecule has 1 aliphatic rings. The van der Waals surface area contributed by atoms with Crippen LogP contribution in [0.3, 0.4) is 0 Å². The normalized spacial score (nSPS) is 22.6. The largest absolute Gasteiger partial charge is 0.296 e. The van der Waals surface area contributed by atoms with E-state index in [4.69, 9.17) is 11.6 Å². The second-order valence-electron chi connectivity index (χ2n) is 4.62. The number of benzene rings is 1. The molecular weight excluding hydrogens is 296 g/mol. The quantitative estimate of drug-likeness (QED) is 0.868. The number of nitrogens with one attached hydrogen (secondary N) is 1. The van der Waals surface area contributed by atoms with Crippen molar-refractivity contribution in [1.82, 2.24) is 10.3 Å². The van der Waals surface area contributed by atoms with Crippen LogP contribution in [0.4, 0.5) is 0 Å².